The lowest BCUT2D eigenvalue weighted by atomic mass is 10.3. The van der Waals surface area contributed by atoms with Gasteiger partial charge in [-0.25, -0.2) is 9.67 Å². The maximum Gasteiger partial charge on any atom is 0.229 e. The topological polar surface area (TPSA) is 39.4 Å². The van der Waals surface area contributed by atoms with E-state index in [-0.39, 0.29) is 0 Å². The van der Waals surface area contributed by atoms with Gasteiger partial charge in [0.25, 0.3) is 0 Å². The molecule has 0 bridgehead atoms. The Morgan fingerprint density at radius 1 is 1.26 bits per heavy atom. The van der Waals surface area contributed by atoms with Crippen LogP contribution in [-0.4, -0.2) is 24.7 Å². The van der Waals surface area contributed by atoms with Crippen LogP contribution in [0, 0.1) is 6.92 Å². The Bertz CT molecular complexity index is 590. The molecule has 4 nitrogen and oxygen atoms in total. The molecule has 2 rings (SSSR count). The number of hydrogen-bond acceptors (Lipinski definition) is 3. The van der Waals surface area contributed by atoms with E-state index in [2.05, 4.69) is 23.2 Å². The number of hydrogen-bond donors (Lipinski definition) is 0. The van der Waals surface area contributed by atoms with Crippen molar-refractivity contribution in [2.45, 2.75) is 26.9 Å². The molecule has 0 aliphatic rings. The van der Waals surface area contributed by atoms with Gasteiger partial charge >= 0.3 is 0 Å². The summed E-state index contributed by atoms with van der Waals surface area (Å²) in [5.41, 5.74) is 1.84. The number of para-hydroxylation sites is 2. The molecular weight excluding hydrogens is 254 g/mol. The quantitative estimate of drug-likeness (QED) is 0.489. The van der Waals surface area contributed by atoms with Crippen molar-refractivity contribution in [3.05, 3.63) is 42.2 Å². The highest BCUT2D eigenvalue weighted by molar-refractivity contribution is 6.49. The summed E-state index contributed by atoms with van der Waals surface area (Å²) in [4.78, 5) is 4.61. The second-order valence-corrected chi connectivity index (χ2v) is 7.03. The first-order valence-electron chi connectivity index (χ1n) is 6.40. The van der Waals surface area contributed by atoms with Crippen LogP contribution in [0.3, 0.4) is 0 Å². The van der Waals surface area contributed by atoms with Crippen molar-refractivity contribution >= 4 is 20.6 Å². The number of aromatic nitrogens is 2. The maximum absolute atomic E-state index is 5.89. The normalized spacial score (nSPS) is 11.9. The minimum Gasteiger partial charge on any atom is -0.546 e. The van der Waals surface area contributed by atoms with Gasteiger partial charge in [0, 0.05) is 6.20 Å². The van der Waals surface area contributed by atoms with Crippen LogP contribution in [0.5, 0.6) is 5.75 Å². The fraction of sp³-hybridized carbons (Fsp3) is 0.286. The first kappa shape index (κ1) is 13.5. The fourth-order valence-corrected chi connectivity index (χ4v) is 2.43. The number of nitrogens with zero attached hydrogens (tertiary/aromatic N) is 3. The molecule has 0 fully saturated rings. The molecule has 1 aromatic heterocycles. The van der Waals surface area contributed by atoms with Gasteiger partial charge in [-0.15, -0.1) is 0 Å². The van der Waals surface area contributed by atoms with Gasteiger partial charge in [0.05, 0.1) is 5.69 Å². The zero-order chi connectivity index (χ0) is 13.8. The van der Waals surface area contributed by atoms with Crippen LogP contribution in [-0.2, 0) is 0 Å². The van der Waals surface area contributed by atoms with Crippen LogP contribution in [0.4, 0.5) is 5.69 Å². The van der Waals surface area contributed by atoms with E-state index >= 15 is 0 Å². The molecule has 0 aliphatic carbocycles. The summed E-state index contributed by atoms with van der Waals surface area (Å²) in [7, 11) is -1.13. The smallest absolute Gasteiger partial charge is 0.229 e. The lowest BCUT2D eigenvalue weighted by molar-refractivity contribution is 0.582. The number of rotatable bonds is 3. The maximum atomic E-state index is 5.89. The summed E-state index contributed by atoms with van der Waals surface area (Å²) in [5.74, 6) is 1.68. The van der Waals surface area contributed by atoms with Crippen molar-refractivity contribution in [2.75, 3.05) is 0 Å². The van der Waals surface area contributed by atoms with E-state index in [0.29, 0.717) is 0 Å². The molecule has 1 heterocycles. The first-order valence-corrected chi connectivity index (χ1v) is 9.18. The van der Waals surface area contributed by atoms with Gasteiger partial charge in [0.1, 0.15) is 17.3 Å². The fourth-order valence-electron chi connectivity index (χ4n) is 1.72. The van der Waals surface area contributed by atoms with Gasteiger partial charge in [-0.1, -0.05) is 12.1 Å². The highest BCUT2D eigenvalue weighted by atomic mass is 28.3. The van der Waals surface area contributed by atoms with E-state index in [1.807, 2.05) is 50.4 Å². The largest absolute Gasteiger partial charge is 0.546 e. The summed E-state index contributed by atoms with van der Waals surface area (Å²) in [6.07, 6.45) is 1.91. The van der Waals surface area contributed by atoms with E-state index in [4.69, 9.17) is 4.43 Å². The van der Waals surface area contributed by atoms with Crippen LogP contribution >= 0.6 is 0 Å². The van der Waals surface area contributed by atoms with Crippen LogP contribution in [0.2, 0.25) is 13.1 Å². The minimum atomic E-state index is -1.13. The Balaban J connectivity index is 2.31. The molecule has 1 aromatic carbocycles. The monoisotopic (exact) mass is 273 g/mol. The van der Waals surface area contributed by atoms with Crippen molar-refractivity contribution in [3.8, 4) is 5.75 Å². The summed E-state index contributed by atoms with van der Waals surface area (Å²) < 4.78 is 7.67. The summed E-state index contributed by atoms with van der Waals surface area (Å²) in [5, 5.41) is 4.35. The molecule has 0 radical (unpaired) electrons. The van der Waals surface area contributed by atoms with Gasteiger partial charge < -0.3 is 4.43 Å². The van der Waals surface area contributed by atoms with Crippen molar-refractivity contribution in [2.24, 2.45) is 4.99 Å². The Labute approximate surface area is 115 Å². The van der Waals surface area contributed by atoms with Gasteiger partial charge in [0.2, 0.25) is 9.04 Å². The second kappa shape index (κ2) is 5.84. The number of aliphatic imine (C=N–C) groups is 1. The Kier molecular flexibility index (Phi) is 4.16. The predicted octanol–water partition coefficient (Wildman–Crippen LogP) is 3.15. The highest BCUT2D eigenvalue weighted by Gasteiger charge is 2.06. The Morgan fingerprint density at radius 2 is 2.00 bits per heavy atom. The molecule has 0 amide bonds. The lowest BCUT2D eigenvalue weighted by Gasteiger charge is -2.12. The molecule has 0 saturated carbocycles. The summed E-state index contributed by atoms with van der Waals surface area (Å²) >= 11 is 0. The molecule has 100 valence electrons. The average molecular weight is 273 g/mol. The Morgan fingerprint density at radius 3 is 2.63 bits per heavy atom. The second-order valence-electron chi connectivity index (χ2n) is 4.70. The SMILES string of the molecule is CC(=Nc1ccccc1O[SiH](C)C)n1ccc(C)n1. The molecule has 5 heteroatoms. The van der Waals surface area contributed by atoms with Crippen LogP contribution < -0.4 is 4.43 Å². The number of aryl methyl sites for hydroxylation is 1. The van der Waals surface area contributed by atoms with Crippen molar-refractivity contribution in [1.29, 1.82) is 0 Å². The molecule has 0 aliphatic heterocycles. The minimum absolute atomic E-state index is 0.828. The molecule has 0 spiro atoms. The van der Waals surface area contributed by atoms with Gasteiger partial charge in [-0.05, 0) is 45.1 Å². The van der Waals surface area contributed by atoms with Crippen LogP contribution in [0.15, 0.2) is 41.5 Å². The van der Waals surface area contributed by atoms with E-state index in [1.165, 1.54) is 0 Å². The third-order valence-electron chi connectivity index (χ3n) is 2.56. The zero-order valence-corrected chi connectivity index (χ0v) is 12.9. The molecule has 2 aromatic rings. The molecule has 0 atom stereocenters. The van der Waals surface area contributed by atoms with Gasteiger partial charge in [0.15, 0.2) is 0 Å². The molecule has 0 N–H and O–H groups in total. The summed E-state index contributed by atoms with van der Waals surface area (Å²) in [6, 6.07) is 9.83. The van der Waals surface area contributed by atoms with E-state index in [0.717, 1.165) is 23.0 Å². The number of benzene rings is 1. The van der Waals surface area contributed by atoms with Gasteiger partial charge in [-0.2, -0.15) is 5.10 Å². The van der Waals surface area contributed by atoms with Gasteiger partial charge in [-0.3, -0.25) is 0 Å². The standard InChI is InChI=1S/C14H19N3OSi/c1-11-9-10-17(16-11)12(2)15-13-7-5-6-8-14(13)18-19(3)4/h5-10,19H,1-4H3. The van der Waals surface area contributed by atoms with E-state index in [9.17, 15) is 0 Å². The molecule has 19 heavy (non-hydrogen) atoms. The van der Waals surface area contributed by atoms with Crippen molar-refractivity contribution in [1.82, 2.24) is 9.78 Å². The van der Waals surface area contributed by atoms with Crippen LogP contribution in [0.25, 0.3) is 0 Å². The average Bonchev–Trinajstić information content (AvgIpc) is 2.78. The third kappa shape index (κ3) is 3.54. The highest BCUT2D eigenvalue weighted by Crippen LogP contribution is 2.27. The first-order chi connectivity index (χ1) is 9.06. The molecule has 0 unspecified atom stereocenters. The van der Waals surface area contributed by atoms with E-state index in [1.54, 1.807) is 4.68 Å². The van der Waals surface area contributed by atoms with Crippen molar-refractivity contribution < 1.29 is 4.43 Å². The molecule has 0 saturated heterocycles. The Hall–Kier alpha value is -1.88. The van der Waals surface area contributed by atoms with Crippen molar-refractivity contribution in [3.63, 3.8) is 0 Å². The predicted molar refractivity (Wildman–Crippen MR) is 81.1 cm³/mol. The third-order valence-corrected chi connectivity index (χ3v) is 3.29. The summed E-state index contributed by atoms with van der Waals surface area (Å²) in [6.45, 7) is 8.19. The lowest BCUT2D eigenvalue weighted by Crippen LogP contribution is -2.12. The van der Waals surface area contributed by atoms with Crippen LogP contribution in [0.1, 0.15) is 12.6 Å². The molecular formula is C14H19N3OSi. The zero-order valence-electron chi connectivity index (χ0n) is 11.8. The van der Waals surface area contributed by atoms with E-state index < -0.39 is 9.04 Å².